The molecule has 0 aliphatic heterocycles. The fourth-order valence-electron chi connectivity index (χ4n) is 1.82. The first-order valence-corrected chi connectivity index (χ1v) is 7.20. The van der Waals surface area contributed by atoms with Crippen molar-refractivity contribution in [2.24, 2.45) is 0 Å². The minimum absolute atomic E-state index is 0.192. The van der Waals surface area contributed by atoms with Crippen molar-refractivity contribution in [1.29, 1.82) is 0 Å². The Labute approximate surface area is 127 Å². The van der Waals surface area contributed by atoms with Crippen LogP contribution in [0.4, 0.5) is 5.95 Å². The topological polar surface area (TPSA) is 66.9 Å². The molecule has 1 aromatic carbocycles. The van der Waals surface area contributed by atoms with Crippen LogP contribution in [0.1, 0.15) is 28.8 Å². The van der Waals surface area contributed by atoms with Crippen LogP contribution < -0.4 is 10.6 Å². The van der Waals surface area contributed by atoms with Crippen molar-refractivity contribution in [3.05, 3.63) is 52.8 Å². The Bertz CT molecular complexity index is 623. The third kappa shape index (κ3) is 3.92. The number of aromatic nitrogens is 2. The first kappa shape index (κ1) is 13.8. The normalized spacial score (nSPS) is 13.8. The molecule has 1 saturated carbocycles. The molecule has 1 amide bonds. The lowest BCUT2D eigenvalue weighted by molar-refractivity contribution is 0.0950. The Morgan fingerprint density at radius 2 is 1.86 bits per heavy atom. The standard InChI is InChI=1S/C15H15ClN4O/c16-12-3-1-10(2-4-12)7-17-14(21)11-8-18-15(19-9-11)20-13-5-6-13/h1-4,8-9,13H,5-7H2,(H,17,21)(H,18,19,20). The molecule has 0 bridgehead atoms. The van der Waals surface area contributed by atoms with Gasteiger partial charge < -0.3 is 10.6 Å². The predicted molar refractivity (Wildman–Crippen MR) is 81.3 cm³/mol. The fourth-order valence-corrected chi connectivity index (χ4v) is 1.94. The Hall–Kier alpha value is -2.14. The van der Waals surface area contributed by atoms with E-state index in [1.54, 1.807) is 12.1 Å². The monoisotopic (exact) mass is 302 g/mol. The second-order valence-electron chi connectivity index (χ2n) is 5.02. The van der Waals surface area contributed by atoms with Crippen LogP contribution in [0, 0.1) is 0 Å². The van der Waals surface area contributed by atoms with Gasteiger partial charge in [-0.25, -0.2) is 9.97 Å². The first-order chi connectivity index (χ1) is 10.2. The molecule has 0 radical (unpaired) electrons. The third-order valence-corrected chi connectivity index (χ3v) is 3.44. The Kier molecular flexibility index (Phi) is 4.01. The van der Waals surface area contributed by atoms with E-state index < -0.39 is 0 Å². The molecule has 1 aliphatic rings. The fraction of sp³-hybridized carbons (Fsp3) is 0.267. The summed E-state index contributed by atoms with van der Waals surface area (Å²) in [5, 5.41) is 6.68. The largest absolute Gasteiger partial charge is 0.351 e. The molecule has 0 atom stereocenters. The van der Waals surface area contributed by atoms with Crippen molar-refractivity contribution in [3.8, 4) is 0 Å². The molecule has 6 heteroatoms. The maximum absolute atomic E-state index is 12.0. The Balaban J connectivity index is 1.55. The number of carbonyl (C=O) groups excluding carboxylic acids is 1. The van der Waals surface area contributed by atoms with E-state index in [9.17, 15) is 4.79 Å². The number of amides is 1. The zero-order valence-electron chi connectivity index (χ0n) is 11.3. The smallest absolute Gasteiger partial charge is 0.254 e. The van der Waals surface area contributed by atoms with Gasteiger partial charge in [0.05, 0.1) is 5.56 Å². The van der Waals surface area contributed by atoms with E-state index in [0.29, 0.717) is 29.1 Å². The summed E-state index contributed by atoms with van der Waals surface area (Å²) in [6.07, 6.45) is 5.39. The SMILES string of the molecule is O=C(NCc1ccc(Cl)cc1)c1cnc(NC2CC2)nc1. The van der Waals surface area contributed by atoms with E-state index in [1.807, 2.05) is 12.1 Å². The molecule has 0 unspecified atom stereocenters. The molecule has 1 heterocycles. The maximum atomic E-state index is 12.0. The quantitative estimate of drug-likeness (QED) is 0.891. The number of carbonyl (C=O) groups is 1. The van der Waals surface area contributed by atoms with Crippen molar-refractivity contribution < 1.29 is 4.79 Å². The highest BCUT2D eigenvalue weighted by molar-refractivity contribution is 6.30. The first-order valence-electron chi connectivity index (χ1n) is 6.82. The van der Waals surface area contributed by atoms with Crippen molar-refractivity contribution >= 4 is 23.5 Å². The van der Waals surface area contributed by atoms with Crippen LogP contribution in [0.2, 0.25) is 5.02 Å². The van der Waals surface area contributed by atoms with E-state index >= 15 is 0 Å². The number of nitrogens with zero attached hydrogens (tertiary/aromatic N) is 2. The summed E-state index contributed by atoms with van der Waals surface area (Å²) in [6, 6.07) is 7.84. The lowest BCUT2D eigenvalue weighted by atomic mass is 10.2. The average Bonchev–Trinajstić information content (AvgIpc) is 3.31. The zero-order chi connectivity index (χ0) is 14.7. The maximum Gasteiger partial charge on any atom is 0.254 e. The highest BCUT2D eigenvalue weighted by atomic mass is 35.5. The minimum atomic E-state index is -0.192. The van der Waals surface area contributed by atoms with Crippen molar-refractivity contribution in [2.75, 3.05) is 5.32 Å². The molecule has 3 rings (SSSR count). The molecule has 1 aromatic heterocycles. The molecular weight excluding hydrogens is 288 g/mol. The van der Waals surface area contributed by atoms with E-state index in [2.05, 4.69) is 20.6 Å². The number of benzene rings is 1. The van der Waals surface area contributed by atoms with Crippen LogP contribution in [0.3, 0.4) is 0 Å². The summed E-state index contributed by atoms with van der Waals surface area (Å²) < 4.78 is 0. The summed E-state index contributed by atoms with van der Waals surface area (Å²) in [7, 11) is 0. The lowest BCUT2D eigenvalue weighted by Crippen LogP contribution is -2.23. The number of rotatable bonds is 5. The summed E-state index contributed by atoms with van der Waals surface area (Å²) in [5.74, 6) is 0.384. The van der Waals surface area contributed by atoms with Crippen molar-refractivity contribution in [3.63, 3.8) is 0 Å². The molecule has 21 heavy (non-hydrogen) atoms. The molecule has 108 valence electrons. The Morgan fingerprint density at radius 1 is 1.19 bits per heavy atom. The molecule has 1 fully saturated rings. The van der Waals surface area contributed by atoms with E-state index in [1.165, 1.54) is 12.4 Å². The summed E-state index contributed by atoms with van der Waals surface area (Å²) in [5.41, 5.74) is 1.44. The van der Waals surface area contributed by atoms with Gasteiger partial charge in [0, 0.05) is 30.0 Å². The van der Waals surface area contributed by atoms with Crippen LogP contribution in [0.25, 0.3) is 0 Å². The van der Waals surface area contributed by atoms with Gasteiger partial charge >= 0.3 is 0 Å². The van der Waals surface area contributed by atoms with Crippen LogP contribution in [0.15, 0.2) is 36.7 Å². The van der Waals surface area contributed by atoms with Gasteiger partial charge in [0.2, 0.25) is 5.95 Å². The van der Waals surface area contributed by atoms with Gasteiger partial charge in [-0.3, -0.25) is 4.79 Å². The van der Waals surface area contributed by atoms with Gasteiger partial charge in [0.1, 0.15) is 0 Å². The predicted octanol–water partition coefficient (Wildman–Crippen LogP) is 2.63. The van der Waals surface area contributed by atoms with Crippen molar-refractivity contribution in [1.82, 2.24) is 15.3 Å². The van der Waals surface area contributed by atoms with Crippen molar-refractivity contribution in [2.45, 2.75) is 25.4 Å². The van der Waals surface area contributed by atoms with E-state index in [-0.39, 0.29) is 5.91 Å². The zero-order valence-corrected chi connectivity index (χ0v) is 12.1. The van der Waals surface area contributed by atoms with Crippen LogP contribution in [-0.2, 0) is 6.54 Å². The lowest BCUT2D eigenvalue weighted by Gasteiger charge is -2.06. The van der Waals surface area contributed by atoms with E-state index in [0.717, 1.165) is 18.4 Å². The van der Waals surface area contributed by atoms with Gasteiger partial charge in [-0.05, 0) is 30.5 Å². The summed E-state index contributed by atoms with van der Waals surface area (Å²) >= 11 is 5.82. The molecule has 2 N–H and O–H groups in total. The average molecular weight is 303 g/mol. The van der Waals surface area contributed by atoms with Gasteiger partial charge in [0.25, 0.3) is 5.91 Å². The number of anilines is 1. The van der Waals surface area contributed by atoms with Gasteiger partial charge in [-0.1, -0.05) is 23.7 Å². The number of hydrogen-bond donors (Lipinski definition) is 2. The molecule has 0 spiro atoms. The highest BCUT2D eigenvalue weighted by Gasteiger charge is 2.21. The van der Waals surface area contributed by atoms with Crippen LogP contribution in [0.5, 0.6) is 0 Å². The Morgan fingerprint density at radius 3 is 2.48 bits per heavy atom. The molecule has 5 nitrogen and oxygen atoms in total. The van der Waals surface area contributed by atoms with Gasteiger partial charge in [-0.15, -0.1) is 0 Å². The third-order valence-electron chi connectivity index (χ3n) is 3.19. The van der Waals surface area contributed by atoms with Gasteiger partial charge in [0.15, 0.2) is 0 Å². The highest BCUT2D eigenvalue weighted by Crippen LogP contribution is 2.22. The number of hydrogen-bond acceptors (Lipinski definition) is 4. The number of halogens is 1. The second kappa shape index (κ2) is 6.10. The van der Waals surface area contributed by atoms with Gasteiger partial charge in [-0.2, -0.15) is 0 Å². The molecule has 2 aromatic rings. The van der Waals surface area contributed by atoms with E-state index in [4.69, 9.17) is 11.6 Å². The van der Waals surface area contributed by atoms with Crippen LogP contribution in [-0.4, -0.2) is 21.9 Å². The molecule has 1 aliphatic carbocycles. The second-order valence-corrected chi connectivity index (χ2v) is 5.46. The summed E-state index contributed by atoms with van der Waals surface area (Å²) in [4.78, 5) is 20.3. The number of nitrogens with one attached hydrogen (secondary N) is 2. The molecular formula is C15H15ClN4O. The minimum Gasteiger partial charge on any atom is -0.351 e. The molecule has 0 saturated heterocycles. The summed E-state index contributed by atoms with van der Waals surface area (Å²) in [6.45, 7) is 0.443. The van der Waals surface area contributed by atoms with Crippen LogP contribution >= 0.6 is 11.6 Å².